The third kappa shape index (κ3) is 2.91. The van der Waals surface area contributed by atoms with E-state index in [2.05, 4.69) is 0 Å². The van der Waals surface area contributed by atoms with Crippen molar-refractivity contribution in [1.82, 2.24) is 14.5 Å². The summed E-state index contributed by atoms with van der Waals surface area (Å²) in [6.07, 6.45) is 2.00. The molecule has 5 aromatic rings. The molecule has 0 unspecified atom stereocenters. The number of pyridine rings is 1. The Balaban J connectivity index is 1.99. The summed E-state index contributed by atoms with van der Waals surface area (Å²) >= 11 is 1.56. The van der Waals surface area contributed by atoms with Gasteiger partial charge in [0.25, 0.3) is 5.56 Å². The van der Waals surface area contributed by atoms with Crippen LogP contribution in [0.4, 0.5) is 0 Å². The van der Waals surface area contributed by atoms with Crippen LogP contribution in [0.3, 0.4) is 0 Å². The minimum Gasteiger partial charge on any atom is -0.268 e. The first kappa shape index (κ1) is 17.6. The van der Waals surface area contributed by atoms with Crippen LogP contribution < -0.4 is 5.56 Å². The summed E-state index contributed by atoms with van der Waals surface area (Å²) in [7, 11) is 0. The summed E-state index contributed by atoms with van der Waals surface area (Å²) in [6, 6.07) is 27.2. The lowest BCUT2D eigenvalue weighted by Gasteiger charge is -2.15. The first-order valence-electron chi connectivity index (χ1n) is 9.28. The minimum atomic E-state index is -0.0930. The monoisotopic (exact) mass is 395 g/mol. The Morgan fingerprint density at radius 3 is 2.07 bits per heavy atom. The molecule has 0 amide bonds. The fourth-order valence-electron chi connectivity index (χ4n) is 3.58. The van der Waals surface area contributed by atoms with Crippen LogP contribution in [0.5, 0.6) is 0 Å². The van der Waals surface area contributed by atoms with E-state index in [1.165, 1.54) is 0 Å². The normalized spacial score (nSPS) is 11.2. The second kappa shape index (κ2) is 7.18. The van der Waals surface area contributed by atoms with Crippen LogP contribution in [0, 0.1) is 0 Å². The highest BCUT2D eigenvalue weighted by atomic mass is 32.2. The average Bonchev–Trinajstić information content (AvgIpc) is 2.80. The number of para-hydroxylation sites is 1. The van der Waals surface area contributed by atoms with Crippen molar-refractivity contribution in [3.05, 3.63) is 95.3 Å². The number of benzene rings is 3. The Kier molecular flexibility index (Phi) is 4.37. The summed E-state index contributed by atoms with van der Waals surface area (Å²) in [4.78, 5) is 23.4. The van der Waals surface area contributed by atoms with Crippen molar-refractivity contribution in [2.45, 2.75) is 5.03 Å². The number of aromatic nitrogens is 3. The quantitative estimate of drug-likeness (QED) is 0.306. The maximum atomic E-state index is 13.4. The highest BCUT2D eigenvalue weighted by Crippen LogP contribution is 2.31. The van der Waals surface area contributed by atoms with Crippen molar-refractivity contribution in [2.24, 2.45) is 0 Å². The molecular formula is C24H17N3OS. The van der Waals surface area contributed by atoms with Gasteiger partial charge in [0.1, 0.15) is 16.2 Å². The molecule has 0 spiro atoms. The van der Waals surface area contributed by atoms with Crippen LogP contribution >= 0.6 is 11.8 Å². The zero-order valence-corrected chi connectivity index (χ0v) is 16.6. The molecule has 2 aromatic heterocycles. The Morgan fingerprint density at radius 2 is 1.38 bits per heavy atom. The van der Waals surface area contributed by atoms with Gasteiger partial charge in [0.2, 0.25) is 0 Å². The molecule has 0 saturated carbocycles. The maximum Gasteiger partial charge on any atom is 0.264 e. The van der Waals surface area contributed by atoms with Gasteiger partial charge in [0.15, 0.2) is 5.65 Å². The van der Waals surface area contributed by atoms with Gasteiger partial charge in [-0.15, -0.1) is 11.8 Å². The van der Waals surface area contributed by atoms with E-state index in [1.807, 2.05) is 91.2 Å². The van der Waals surface area contributed by atoms with Crippen molar-refractivity contribution in [3.63, 3.8) is 0 Å². The number of fused-ring (bicyclic) bond motifs is 3. The molecule has 0 aliphatic rings. The van der Waals surface area contributed by atoms with Gasteiger partial charge in [0, 0.05) is 16.3 Å². The summed E-state index contributed by atoms with van der Waals surface area (Å²) in [6.45, 7) is 0. The number of thioether (sulfide) groups is 1. The van der Waals surface area contributed by atoms with E-state index in [0.717, 1.165) is 32.9 Å². The summed E-state index contributed by atoms with van der Waals surface area (Å²) in [5, 5.41) is 2.30. The van der Waals surface area contributed by atoms with E-state index in [1.54, 1.807) is 16.3 Å². The predicted molar refractivity (Wildman–Crippen MR) is 120 cm³/mol. The first-order valence-corrected chi connectivity index (χ1v) is 10.5. The Hall–Kier alpha value is -3.44. The highest BCUT2D eigenvalue weighted by molar-refractivity contribution is 7.98. The zero-order chi connectivity index (χ0) is 19.8. The van der Waals surface area contributed by atoms with Crippen molar-refractivity contribution in [3.8, 4) is 16.9 Å². The molecule has 0 saturated heterocycles. The number of hydrogen-bond acceptors (Lipinski definition) is 4. The molecule has 2 heterocycles. The second-order valence-corrected chi connectivity index (χ2v) is 7.44. The number of hydrogen-bond donors (Lipinski definition) is 0. The lowest BCUT2D eigenvalue weighted by atomic mass is 10.1. The van der Waals surface area contributed by atoms with Gasteiger partial charge >= 0.3 is 0 Å². The molecule has 29 heavy (non-hydrogen) atoms. The number of rotatable bonds is 3. The third-order valence-electron chi connectivity index (χ3n) is 4.93. The molecule has 0 fully saturated rings. The SMILES string of the molecule is CSc1nc2c3ccccc3c(=O)n(-c3ccccc3)c2nc1-c1ccccc1. The summed E-state index contributed by atoms with van der Waals surface area (Å²) in [5.41, 5.74) is 3.74. The van der Waals surface area contributed by atoms with Crippen molar-refractivity contribution >= 4 is 33.7 Å². The van der Waals surface area contributed by atoms with E-state index < -0.39 is 0 Å². The largest absolute Gasteiger partial charge is 0.268 e. The summed E-state index contributed by atoms with van der Waals surface area (Å²) < 4.78 is 1.67. The first-order chi connectivity index (χ1) is 14.3. The minimum absolute atomic E-state index is 0.0930. The molecule has 5 heteroatoms. The van der Waals surface area contributed by atoms with Gasteiger partial charge in [-0.05, 0) is 24.5 Å². The van der Waals surface area contributed by atoms with Crippen LogP contribution in [0.15, 0.2) is 94.7 Å². The molecule has 0 radical (unpaired) electrons. The van der Waals surface area contributed by atoms with Gasteiger partial charge < -0.3 is 0 Å². The molecule has 0 aliphatic carbocycles. The third-order valence-corrected chi connectivity index (χ3v) is 5.60. The van der Waals surface area contributed by atoms with Crippen LogP contribution in [0.25, 0.3) is 38.9 Å². The maximum absolute atomic E-state index is 13.4. The van der Waals surface area contributed by atoms with E-state index >= 15 is 0 Å². The molecule has 4 nitrogen and oxygen atoms in total. The lowest BCUT2D eigenvalue weighted by molar-refractivity contribution is 1.00. The molecule has 0 bridgehead atoms. The zero-order valence-electron chi connectivity index (χ0n) is 15.7. The van der Waals surface area contributed by atoms with Gasteiger partial charge in [-0.25, -0.2) is 9.97 Å². The van der Waals surface area contributed by atoms with Crippen molar-refractivity contribution in [1.29, 1.82) is 0 Å². The molecule has 0 aliphatic heterocycles. The molecular weight excluding hydrogens is 378 g/mol. The van der Waals surface area contributed by atoms with Crippen molar-refractivity contribution < 1.29 is 0 Å². The molecule has 140 valence electrons. The van der Waals surface area contributed by atoms with E-state index in [-0.39, 0.29) is 5.56 Å². The standard InChI is InChI=1S/C24H17N3OS/c1-29-23-20(16-10-4-2-5-11-16)25-22-21(26-23)18-14-8-9-15-19(18)24(28)27(22)17-12-6-3-7-13-17/h2-15H,1H3. The number of nitrogens with zero attached hydrogens (tertiary/aromatic N) is 3. The van der Waals surface area contributed by atoms with Gasteiger partial charge in [-0.1, -0.05) is 66.7 Å². The van der Waals surface area contributed by atoms with E-state index in [4.69, 9.17) is 9.97 Å². The smallest absolute Gasteiger partial charge is 0.264 e. The van der Waals surface area contributed by atoms with Gasteiger partial charge in [-0.2, -0.15) is 0 Å². The average molecular weight is 395 g/mol. The highest BCUT2D eigenvalue weighted by Gasteiger charge is 2.18. The van der Waals surface area contributed by atoms with E-state index in [9.17, 15) is 4.79 Å². The fourth-order valence-corrected chi connectivity index (χ4v) is 4.12. The Morgan fingerprint density at radius 1 is 0.759 bits per heavy atom. The Bertz CT molecular complexity index is 1400. The van der Waals surface area contributed by atoms with Crippen LogP contribution in [-0.2, 0) is 0 Å². The predicted octanol–water partition coefficient (Wildman–Crippen LogP) is 5.32. The molecule has 0 N–H and O–H groups in total. The van der Waals surface area contributed by atoms with Crippen LogP contribution in [0.1, 0.15) is 0 Å². The lowest BCUT2D eigenvalue weighted by Crippen LogP contribution is -2.20. The molecule has 0 atom stereocenters. The molecule has 5 rings (SSSR count). The fraction of sp³-hybridized carbons (Fsp3) is 0.0417. The molecule has 3 aromatic carbocycles. The van der Waals surface area contributed by atoms with Gasteiger partial charge in [0.05, 0.1) is 5.69 Å². The van der Waals surface area contributed by atoms with Crippen LogP contribution in [-0.4, -0.2) is 20.8 Å². The topological polar surface area (TPSA) is 47.8 Å². The second-order valence-electron chi connectivity index (χ2n) is 6.64. The van der Waals surface area contributed by atoms with Gasteiger partial charge in [-0.3, -0.25) is 9.36 Å². The van der Waals surface area contributed by atoms with Crippen molar-refractivity contribution in [2.75, 3.05) is 6.26 Å². The Labute approximate surface area is 171 Å². The summed E-state index contributed by atoms with van der Waals surface area (Å²) in [5.74, 6) is 0. The van der Waals surface area contributed by atoms with E-state index in [0.29, 0.717) is 11.0 Å². The van der Waals surface area contributed by atoms with Crippen LogP contribution in [0.2, 0.25) is 0 Å².